The van der Waals surface area contributed by atoms with Crippen molar-refractivity contribution in [3.63, 3.8) is 0 Å². The van der Waals surface area contributed by atoms with E-state index < -0.39 is 86.3 Å². The summed E-state index contributed by atoms with van der Waals surface area (Å²) in [7, 11) is 0. The van der Waals surface area contributed by atoms with E-state index in [2.05, 4.69) is 15.5 Å². The number of aliphatic hydroxyl groups excluding tert-OH is 5. The van der Waals surface area contributed by atoms with Gasteiger partial charge >= 0.3 is 0 Å². The molecule has 174 valence electrons. The first-order valence-electron chi connectivity index (χ1n) is 9.21. The summed E-state index contributed by atoms with van der Waals surface area (Å²) in [4.78, 5) is 27.1. The van der Waals surface area contributed by atoms with Crippen molar-refractivity contribution >= 4 is 11.8 Å². The lowest BCUT2D eigenvalue weighted by Gasteiger charge is -2.47. The number of rotatable bonds is 7. The quantitative estimate of drug-likeness (QED) is 0.139. The first-order valence-corrected chi connectivity index (χ1v) is 9.21. The first-order chi connectivity index (χ1) is 14.1. The zero-order chi connectivity index (χ0) is 22.6. The number of nitrogens with one attached hydrogen (secondary N) is 2. The molecule has 0 aromatic carbocycles. The van der Waals surface area contributed by atoms with Crippen molar-refractivity contribution in [1.82, 2.24) is 10.6 Å². The Hall–Kier alpha value is -1.46. The molecule has 2 aliphatic heterocycles. The van der Waals surface area contributed by atoms with Gasteiger partial charge in [0.1, 0.15) is 48.7 Å². The maximum absolute atomic E-state index is 11.6. The molecule has 2 saturated heterocycles. The van der Waals surface area contributed by atoms with E-state index in [0.29, 0.717) is 0 Å². The Balaban J connectivity index is 2.28. The summed E-state index contributed by atoms with van der Waals surface area (Å²) in [6.07, 6.45) is -11.7. The van der Waals surface area contributed by atoms with Crippen LogP contribution in [0.2, 0.25) is 0 Å². The predicted molar refractivity (Wildman–Crippen MR) is 93.3 cm³/mol. The SMILES string of the molecule is CC(=O)N[C@@H]1[C@@H](O)[C@H](O[C@@H]2O[C@H](CO)[C@@H](OO)[C@H](O)[C@H]2NC(C)=O)[C@@H](CO)O[C@H]1O. The van der Waals surface area contributed by atoms with E-state index >= 15 is 0 Å². The molecular weight excluding hydrogens is 412 g/mol. The number of amides is 2. The zero-order valence-corrected chi connectivity index (χ0v) is 16.3. The van der Waals surface area contributed by atoms with Crippen LogP contribution in [0, 0.1) is 0 Å². The standard InChI is InChI=1S/C16H28N2O12/c1-5(21)17-9-11(23)13(7(3-19)27-15(9)25)29-16-10(18-6(2)22)12(24)14(30-26)8(4-20)28-16/h7-16,19-20,23-26H,3-4H2,1-2H3,(H,17,21)(H,18,22)/t7-,8-,9-,10-,11-,12-,13-,14-,15-,16+/m1/s1. The highest BCUT2D eigenvalue weighted by Crippen LogP contribution is 2.29. The van der Waals surface area contributed by atoms with Gasteiger partial charge in [0.2, 0.25) is 11.8 Å². The summed E-state index contributed by atoms with van der Waals surface area (Å²) in [6, 6.07) is -2.63. The van der Waals surface area contributed by atoms with E-state index in [9.17, 15) is 35.1 Å². The van der Waals surface area contributed by atoms with Crippen LogP contribution in [0.3, 0.4) is 0 Å². The molecule has 8 N–H and O–H groups in total. The fourth-order valence-corrected chi connectivity index (χ4v) is 3.50. The lowest BCUT2D eigenvalue weighted by Crippen LogP contribution is -2.69. The lowest BCUT2D eigenvalue weighted by molar-refractivity contribution is -0.374. The zero-order valence-electron chi connectivity index (χ0n) is 16.3. The van der Waals surface area contributed by atoms with Crippen molar-refractivity contribution in [2.45, 2.75) is 75.1 Å². The van der Waals surface area contributed by atoms with Crippen molar-refractivity contribution in [2.75, 3.05) is 13.2 Å². The molecule has 0 aromatic heterocycles. The number of aliphatic hydroxyl groups is 5. The molecule has 0 aromatic rings. The Kier molecular flexibility index (Phi) is 8.86. The molecule has 0 unspecified atom stereocenters. The summed E-state index contributed by atoms with van der Waals surface area (Å²) in [6.45, 7) is 0.906. The van der Waals surface area contributed by atoms with E-state index in [-0.39, 0.29) is 0 Å². The number of hydrogen-bond donors (Lipinski definition) is 8. The summed E-state index contributed by atoms with van der Waals surface area (Å²) < 4.78 is 16.4. The van der Waals surface area contributed by atoms with Gasteiger partial charge in [-0.2, -0.15) is 0 Å². The van der Waals surface area contributed by atoms with Gasteiger partial charge in [0, 0.05) is 13.8 Å². The normalized spacial score (nSPS) is 41.9. The number of ether oxygens (including phenoxy) is 3. The van der Waals surface area contributed by atoms with E-state index in [1.807, 2.05) is 0 Å². The Morgan fingerprint density at radius 2 is 1.37 bits per heavy atom. The number of hydrogen-bond acceptors (Lipinski definition) is 12. The molecule has 0 radical (unpaired) electrons. The van der Waals surface area contributed by atoms with Gasteiger partial charge in [-0.1, -0.05) is 0 Å². The monoisotopic (exact) mass is 440 g/mol. The third-order valence-electron chi connectivity index (χ3n) is 4.88. The maximum atomic E-state index is 11.6. The van der Waals surface area contributed by atoms with Gasteiger partial charge in [0.15, 0.2) is 12.6 Å². The Morgan fingerprint density at radius 3 is 1.87 bits per heavy atom. The van der Waals surface area contributed by atoms with E-state index in [0.717, 1.165) is 13.8 Å². The highest BCUT2D eigenvalue weighted by Gasteiger charge is 2.52. The average Bonchev–Trinajstić information content (AvgIpc) is 2.68. The lowest BCUT2D eigenvalue weighted by atomic mass is 9.94. The largest absolute Gasteiger partial charge is 0.394 e. The van der Waals surface area contributed by atoms with Gasteiger partial charge in [-0.3, -0.25) is 14.8 Å². The van der Waals surface area contributed by atoms with E-state index in [4.69, 9.17) is 19.5 Å². The average molecular weight is 440 g/mol. The van der Waals surface area contributed by atoms with Gasteiger partial charge in [-0.05, 0) is 0 Å². The molecular formula is C16H28N2O12. The molecule has 14 nitrogen and oxygen atoms in total. The first kappa shape index (κ1) is 24.8. The maximum Gasteiger partial charge on any atom is 0.217 e. The topological polar surface area (TPSA) is 216 Å². The van der Waals surface area contributed by atoms with Crippen molar-refractivity contribution < 1.29 is 59.5 Å². The molecule has 0 spiro atoms. The third kappa shape index (κ3) is 5.42. The van der Waals surface area contributed by atoms with Crippen LogP contribution < -0.4 is 10.6 Å². The van der Waals surface area contributed by atoms with Crippen LogP contribution in [0.15, 0.2) is 0 Å². The number of carbonyl (C=O) groups is 2. The second kappa shape index (κ2) is 10.7. The second-order valence-electron chi connectivity index (χ2n) is 7.08. The summed E-state index contributed by atoms with van der Waals surface area (Å²) in [5.41, 5.74) is 0. The highest BCUT2D eigenvalue weighted by atomic mass is 17.1. The van der Waals surface area contributed by atoms with Gasteiger partial charge in [-0.25, -0.2) is 4.89 Å². The molecule has 2 fully saturated rings. The number of carbonyl (C=O) groups excluding carboxylic acids is 2. The van der Waals surface area contributed by atoms with Crippen LogP contribution >= 0.6 is 0 Å². The molecule has 30 heavy (non-hydrogen) atoms. The Morgan fingerprint density at radius 1 is 0.867 bits per heavy atom. The smallest absolute Gasteiger partial charge is 0.217 e. The Bertz CT molecular complexity index is 595. The molecule has 10 atom stereocenters. The van der Waals surface area contributed by atoms with Gasteiger partial charge < -0.3 is 50.4 Å². The molecule has 2 rings (SSSR count). The van der Waals surface area contributed by atoms with Crippen LogP contribution in [0.5, 0.6) is 0 Å². The molecule has 14 heteroatoms. The van der Waals surface area contributed by atoms with Crippen molar-refractivity contribution in [1.29, 1.82) is 0 Å². The van der Waals surface area contributed by atoms with Crippen molar-refractivity contribution in [3.8, 4) is 0 Å². The van der Waals surface area contributed by atoms with Crippen LogP contribution in [0.4, 0.5) is 0 Å². The van der Waals surface area contributed by atoms with Crippen LogP contribution in [0.1, 0.15) is 13.8 Å². The minimum Gasteiger partial charge on any atom is -0.394 e. The van der Waals surface area contributed by atoms with Crippen LogP contribution in [-0.2, 0) is 28.7 Å². The van der Waals surface area contributed by atoms with Crippen molar-refractivity contribution in [2.24, 2.45) is 0 Å². The molecule has 2 heterocycles. The summed E-state index contributed by atoms with van der Waals surface area (Å²) in [5, 5.41) is 63.8. The Labute approximate surface area is 171 Å². The van der Waals surface area contributed by atoms with Gasteiger partial charge in [-0.15, -0.1) is 0 Å². The molecule has 0 saturated carbocycles. The van der Waals surface area contributed by atoms with Crippen LogP contribution in [-0.4, -0.2) is 117 Å². The summed E-state index contributed by atoms with van der Waals surface area (Å²) in [5.74, 6) is -1.17. The summed E-state index contributed by atoms with van der Waals surface area (Å²) >= 11 is 0. The van der Waals surface area contributed by atoms with E-state index in [1.165, 1.54) is 0 Å². The van der Waals surface area contributed by atoms with Gasteiger partial charge in [0.05, 0.1) is 13.2 Å². The second-order valence-corrected chi connectivity index (χ2v) is 7.08. The molecule has 2 aliphatic rings. The fraction of sp³-hybridized carbons (Fsp3) is 0.875. The third-order valence-corrected chi connectivity index (χ3v) is 4.88. The van der Waals surface area contributed by atoms with Gasteiger partial charge in [0.25, 0.3) is 0 Å². The molecule has 0 bridgehead atoms. The highest BCUT2D eigenvalue weighted by molar-refractivity contribution is 5.73. The fourth-order valence-electron chi connectivity index (χ4n) is 3.50. The van der Waals surface area contributed by atoms with E-state index in [1.54, 1.807) is 0 Å². The van der Waals surface area contributed by atoms with Crippen LogP contribution in [0.25, 0.3) is 0 Å². The molecule has 0 aliphatic carbocycles. The predicted octanol–water partition coefficient (Wildman–Crippen LogP) is -4.61. The van der Waals surface area contributed by atoms with Crippen molar-refractivity contribution in [3.05, 3.63) is 0 Å². The minimum absolute atomic E-state index is 0.577. The molecule has 2 amide bonds. The minimum atomic E-state index is -1.65.